The highest BCUT2D eigenvalue weighted by Crippen LogP contribution is 1.95. The highest BCUT2D eigenvalue weighted by atomic mass is 28.1. The summed E-state index contributed by atoms with van der Waals surface area (Å²) in [4.78, 5) is 10.7. The van der Waals surface area contributed by atoms with Gasteiger partial charge in [0.2, 0.25) is 0 Å². The molecule has 46 valence electrons. The zero-order valence-corrected chi connectivity index (χ0v) is 7.29. The fourth-order valence-electron chi connectivity index (χ4n) is 0.673. The lowest BCUT2D eigenvalue weighted by atomic mass is 10.2. The number of rotatable bonds is 1. The zero-order chi connectivity index (χ0) is 6.69. The van der Waals surface area contributed by atoms with E-state index in [9.17, 15) is 4.79 Å². The molecule has 0 atom stereocenters. The molecule has 1 aromatic rings. The first-order valence-electron chi connectivity index (χ1n) is 2.86. The Hall–Kier alpha value is -0.893. The van der Waals surface area contributed by atoms with Crippen LogP contribution in [-0.2, 0) is 0 Å². The third kappa shape index (κ3) is 1.50. The molecule has 0 aromatic heterocycles. The van der Waals surface area contributed by atoms with Crippen molar-refractivity contribution in [1.29, 1.82) is 0 Å². The molecular weight excluding hydrogens is 128 g/mol. The highest BCUT2D eigenvalue weighted by Gasteiger charge is 1.92. The van der Waals surface area contributed by atoms with Crippen molar-refractivity contribution in [2.75, 3.05) is 0 Å². The van der Waals surface area contributed by atoms with Crippen molar-refractivity contribution in [3.8, 4) is 0 Å². The smallest absolute Gasteiger partial charge is 0.129 e. The second-order valence-corrected chi connectivity index (χ2v) is 2.83. The van der Waals surface area contributed by atoms with Gasteiger partial charge in [0.05, 0.1) is 10.2 Å². The molecule has 9 heavy (non-hydrogen) atoms. The van der Waals surface area contributed by atoms with Gasteiger partial charge in [-0.25, -0.2) is 0 Å². The first-order chi connectivity index (χ1) is 4.30. The summed E-state index contributed by atoms with van der Waals surface area (Å²) >= 11 is 0. The van der Waals surface area contributed by atoms with Crippen LogP contribution in [0.15, 0.2) is 30.3 Å². The molecule has 0 aliphatic carbocycles. The van der Waals surface area contributed by atoms with Gasteiger partial charge in [0, 0.05) is 5.56 Å². The van der Waals surface area contributed by atoms with Crippen molar-refractivity contribution >= 4 is 15.6 Å². The van der Waals surface area contributed by atoms with E-state index >= 15 is 0 Å². The minimum Gasteiger partial charge on any atom is -0.301 e. The normalized spacial score (nSPS) is 9.33. The summed E-state index contributed by atoms with van der Waals surface area (Å²) in [5.41, 5.74) is 0.837. The Morgan fingerprint density at radius 1 is 1.22 bits per heavy atom. The largest absolute Gasteiger partial charge is 0.301 e. The molecular formula is C7H8OSi. The number of carbonyl (C=O) groups is 1. The van der Waals surface area contributed by atoms with Gasteiger partial charge >= 0.3 is 0 Å². The molecule has 1 rings (SSSR count). The maximum absolute atomic E-state index is 10.7. The summed E-state index contributed by atoms with van der Waals surface area (Å²) in [7, 11) is 0.618. The van der Waals surface area contributed by atoms with Crippen LogP contribution in [0.25, 0.3) is 0 Å². The Morgan fingerprint density at radius 3 is 2.11 bits per heavy atom. The summed E-state index contributed by atoms with van der Waals surface area (Å²) in [6.07, 6.45) is 0. The maximum Gasteiger partial charge on any atom is 0.129 e. The molecule has 0 fully saturated rings. The first kappa shape index (κ1) is 6.23. The van der Waals surface area contributed by atoms with E-state index < -0.39 is 0 Å². The van der Waals surface area contributed by atoms with Gasteiger partial charge in [-0.15, -0.1) is 0 Å². The number of benzene rings is 1. The molecule has 0 radical (unpaired) electrons. The van der Waals surface area contributed by atoms with Gasteiger partial charge in [-0.3, -0.25) is 0 Å². The summed E-state index contributed by atoms with van der Waals surface area (Å²) in [5, 5.41) is 0.260. The standard InChI is InChI=1S/C7H8OSi/c8-7(9)6-4-2-1-3-5-6/h1-5H,9H3. The van der Waals surface area contributed by atoms with Gasteiger partial charge < -0.3 is 4.79 Å². The van der Waals surface area contributed by atoms with Gasteiger partial charge in [0.1, 0.15) is 5.41 Å². The molecule has 0 saturated heterocycles. The van der Waals surface area contributed by atoms with Gasteiger partial charge in [-0.2, -0.15) is 0 Å². The van der Waals surface area contributed by atoms with Gasteiger partial charge in [-0.05, 0) is 0 Å². The molecule has 0 spiro atoms. The van der Waals surface area contributed by atoms with Crippen LogP contribution in [0, 0.1) is 0 Å². The van der Waals surface area contributed by atoms with Gasteiger partial charge in [0.15, 0.2) is 0 Å². The minimum atomic E-state index is 0.260. The van der Waals surface area contributed by atoms with Crippen molar-refractivity contribution in [2.45, 2.75) is 0 Å². The van der Waals surface area contributed by atoms with Crippen molar-refractivity contribution < 1.29 is 4.79 Å². The van der Waals surface area contributed by atoms with Crippen LogP contribution in [-0.4, -0.2) is 15.6 Å². The summed E-state index contributed by atoms with van der Waals surface area (Å²) in [5.74, 6) is 0. The van der Waals surface area contributed by atoms with E-state index in [1.807, 2.05) is 30.3 Å². The van der Waals surface area contributed by atoms with Crippen molar-refractivity contribution in [3.05, 3.63) is 35.9 Å². The van der Waals surface area contributed by atoms with Gasteiger partial charge in [0.25, 0.3) is 0 Å². The lowest BCUT2D eigenvalue weighted by Crippen LogP contribution is -1.94. The Balaban J connectivity index is 2.98. The topological polar surface area (TPSA) is 17.1 Å². The predicted molar refractivity (Wildman–Crippen MR) is 40.7 cm³/mol. The summed E-state index contributed by atoms with van der Waals surface area (Å²) in [6.45, 7) is 0. The van der Waals surface area contributed by atoms with Crippen LogP contribution in [0.1, 0.15) is 10.4 Å². The summed E-state index contributed by atoms with van der Waals surface area (Å²) < 4.78 is 0. The van der Waals surface area contributed by atoms with E-state index in [2.05, 4.69) is 0 Å². The van der Waals surface area contributed by atoms with Crippen LogP contribution in [0.3, 0.4) is 0 Å². The van der Waals surface area contributed by atoms with E-state index in [0.29, 0.717) is 10.2 Å². The second-order valence-electron chi connectivity index (χ2n) is 1.92. The lowest BCUT2D eigenvalue weighted by molar-refractivity contribution is 0.108. The quantitative estimate of drug-likeness (QED) is 0.504. The van der Waals surface area contributed by atoms with E-state index in [0.717, 1.165) is 5.56 Å². The summed E-state index contributed by atoms with van der Waals surface area (Å²) in [6, 6.07) is 9.36. The Morgan fingerprint density at radius 2 is 1.78 bits per heavy atom. The molecule has 0 heterocycles. The SMILES string of the molecule is O=C([SiH3])c1ccccc1. The molecule has 0 aliphatic heterocycles. The fraction of sp³-hybridized carbons (Fsp3) is 0. The van der Waals surface area contributed by atoms with Crippen molar-refractivity contribution in [2.24, 2.45) is 0 Å². The Bertz CT molecular complexity index is 205. The molecule has 0 amide bonds. The van der Waals surface area contributed by atoms with Crippen molar-refractivity contribution in [3.63, 3.8) is 0 Å². The second kappa shape index (κ2) is 2.59. The van der Waals surface area contributed by atoms with Crippen LogP contribution >= 0.6 is 0 Å². The average molecular weight is 136 g/mol. The van der Waals surface area contributed by atoms with E-state index in [1.54, 1.807) is 0 Å². The molecule has 1 aromatic carbocycles. The van der Waals surface area contributed by atoms with Crippen LogP contribution in [0.5, 0.6) is 0 Å². The highest BCUT2D eigenvalue weighted by molar-refractivity contribution is 6.62. The molecule has 0 bridgehead atoms. The number of hydrogen-bond donors (Lipinski definition) is 0. The fourth-order valence-corrected chi connectivity index (χ4v) is 1.01. The third-order valence-electron chi connectivity index (χ3n) is 1.18. The minimum absolute atomic E-state index is 0.260. The van der Waals surface area contributed by atoms with Crippen molar-refractivity contribution in [1.82, 2.24) is 0 Å². The third-order valence-corrected chi connectivity index (χ3v) is 1.76. The van der Waals surface area contributed by atoms with Crippen LogP contribution in [0.2, 0.25) is 0 Å². The molecule has 2 heteroatoms. The van der Waals surface area contributed by atoms with E-state index in [1.165, 1.54) is 0 Å². The number of hydrogen-bond acceptors (Lipinski definition) is 1. The number of carbonyl (C=O) groups excluding carboxylic acids is 1. The lowest BCUT2D eigenvalue weighted by Gasteiger charge is -1.89. The molecule has 0 aliphatic rings. The Labute approximate surface area is 57.1 Å². The van der Waals surface area contributed by atoms with Crippen LogP contribution in [0.4, 0.5) is 0 Å². The maximum atomic E-state index is 10.7. The molecule has 0 N–H and O–H groups in total. The zero-order valence-electron chi connectivity index (χ0n) is 5.29. The molecule has 1 nitrogen and oxygen atoms in total. The molecule has 0 saturated carbocycles. The van der Waals surface area contributed by atoms with Gasteiger partial charge in [-0.1, -0.05) is 30.3 Å². The monoisotopic (exact) mass is 136 g/mol. The van der Waals surface area contributed by atoms with E-state index in [4.69, 9.17) is 0 Å². The average Bonchev–Trinajstić information content (AvgIpc) is 1.90. The predicted octanol–water partition coefficient (Wildman–Crippen LogP) is 0.192. The first-order valence-corrected chi connectivity index (χ1v) is 3.86. The van der Waals surface area contributed by atoms with Crippen LogP contribution < -0.4 is 0 Å². The Kier molecular flexibility index (Phi) is 1.80. The van der Waals surface area contributed by atoms with E-state index in [-0.39, 0.29) is 5.41 Å². The molecule has 0 unspecified atom stereocenters.